The van der Waals surface area contributed by atoms with Crippen LogP contribution in [0.15, 0.2) is 65.0 Å². The third kappa shape index (κ3) is 4.92. The van der Waals surface area contributed by atoms with Gasteiger partial charge in [0, 0.05) is 24.1 Å². The predicted molar refractivity (Wildman–Crippen MR) is 110 cm³/mol. The average molecular weight is 382 g/mol. The molecular formula is C21H23N3O2S. The highest BCUT2D eigenvalue weighted by Gasteiger charge is 2.10. The fraction of sp³-hybridized carbons (Fsp3) is 0.286. The van der Waals surface area contributed by atoms with E-state index in [4.69, 9.17) is 4.99 Å². The fourth-order valence-corrected chi connectivity index (χ4v) is 3.88. The van der Waals surface area contributed by atoms with Gasteiger partial charge in [0.15, 0.2) is 4.80 Å². The highest BCUT2D eigenvalue weighted by Crippen LogP contribution is 2.24. The van der Waals surface area contributed by atoms with Crippen LogP contribution in [-0.2, 0) is 6.54 Å². The Hall–Kier alpha value is -2.73. The lowest BCUT2D eigenvalue weighted by atomic mass is 10.1. The molecule has 0 spiro atoms. The highest BCUT2D eigenvalue weighted by atomic mass is 32.1. The summed E-state index contributed by atoms with van der Waals surface area (Å²) in [6.07, 6.45) is 4.70. The van der Waals surface area contributed by atoms with Crippen LogP contribution in [0.25, 0.3) is 11.3 Å². The molecule has 0 fully saturated rings. The van der Waals surface area contributed by atoms with Gasteiger partial charge in [0.25, 0.3) is 5.69 Å². The lowest BCUT2D eigenvalue weighted by molar-refractivity contribution is -0.384. The molecule has 0 aliphatic rings. The summed E-state index contributed by atoms with van der Waals surface area (Å²) < 4.78 is 2.23. The number of nitrogens with zero attached hydrogens (tertiary/aromatic N) is 3. The van der Waals surface area contributed by atoms with Crippen molar-refractivity contribution in [1.82, 2.24) is 4.57 Å². The van der Waals surface area contributed by atoms with Gasteiger partial charge in [0.1, 0.15) is 0 Å². The molecule has 140 valence electrons. The number of hydrogen-bond donors (Lipinski definition) is 0. The molecule has 0 N–H and O–H groups in total. The molecule has 3 aromatic rings. The lowest BCUT2D eigenvalue weighted by Gasteiger charge is -2.09. The molecule has 1 heterocycles. The van der Waals surface area contributed by atoms with Crippen LogP contribution in [0.2, 0.25) is 0 Å². The molecule has 5 nitrogen and oxygen atoms in total. The van der Waals surface area contributed by atoms with Crippen LogP contribution in [0.3, 0.4) is 0 Å². The number of rotatable bonds is 8. The largest absolute Gasteiger partial charge is 0.316 e. The summed E-state index contributed by atoms with van der Waals surface area (Å²) >= 11 is 1.60. The molecule has 0 radical (unpaired) electrons. The number of benzene rings is 2. The van der Waals surface area contributed by atoms with Crippen LogP contribution in [0.4, 0.5) is 11.4 Å². The van der Waals surface area contributed by atoms with Crippen LogP contribution in [0.1, 0.15) is 32.6 Å². The maximum absolute atomic E-state index is 10.9. The second-order valence-corrected chi connectivity index (χ2v) is 7.20. The minimum atomic E-state index is -0.369. The van der Waals surface area contributed by atoms with Gasteiger partial charge in [-0.1, -0.05) is 44.4 Å². The van der Waals surface area contributed by atoms with Gasteiger partial charge in [-0.3, -0.25) is 10.1 Å². The zero-order chi connectivity index (χ0) is 19.1. The Balaban J connectivity index is 1.97. The summed E-state index contributed by atoms with van der Waals surface area (Å²) in [6, 6.07) is 16.7. The standard InChI is InChI=1S/C21H23N3O2S/c1-2-3-4-8-15-23-20(17-11-13-19(14-12-17)24(25)26)16-27-21(23)22-18-9-6-5-7-10-18/h5-7,9-14,16H,2-4,8,15H2,1H3. The van der Waals surface area contributed by atoms with Gasteiger partial charge in [-0.25, -0.2) is 4.99 Å². The van der Waals surface area contributed by atoms with E-state index in [9.17, 15) is 10.1 Å². The zero-order valence-electron chi connectivity index (χ0n) is 15.4. The average Bonchev–Trinajstić information content (AvgIpc) is 3.08. The second-order valence-electron chi connectivity index (χ2n) is 6.37. The lowest BCUT2D eigenvalue weighted by Crippen LogP contribution is -2.16. The van der Waals surface area contributed by atoms with Crippen molar-refractivity contribution in [2.24, 2.45) is 4.99 Å². The van der Waals surface area contributed by atoms with Gasteiger partial charge in [0.05, 0.1) is 16.3 Å². The van der Waals surface area contributed by atoms with Crippen molar-refractivity contribution >= 4 is 22.7 Å². The Morgan fingerprint density at radius 1 is 1.04 bits per heavy atom. The molecular weight excluding hydrogens is 358 g/mol. The topological polar surface area (TPSA) is 60.4 Å². The zero-order valence-corrected chi connectivity index (χ0v) is 16.2. The molecule has 2 aromatic carbocycles. The number of nitro benzene ring substituents is 1. The van der Waals surface area contributed by atoms with E-state index >= 15 is 0 Å². The quantitative estimate of drug-likeness (QED) is 0.275. The van der Waals surface area contributed by atoms with Crippen molar-refractivity contribution in [2.45, 2.75) is 39.2 Å². The van der Waals surface area contributed by atoms with E-state index in [2.05, 4.69) is 16.9 Å². The van der Waals surface area contributed by atoms with Gasteiger partial charge in [-0.2, -0.15) is 0 Å². The summed E-state index contributed by atoms with van der Waals surface area (Å²) in [4.78, 5) is 16.3. The molecule has 0 amide bonds. The first-order valence-electron chi connectivity index (χ1n) is 9.22. The first kappa shape index (κ1) is 19.0. The number of aromatic nitrogens is 1. The van der Waals surface area contributed by atoms with Crippen molar-refractivity contribution in [1.29, 1.82) is 0 Å². The molecule has 0 saturated heterocycles. The number of nitro groups is 1. The first-order valence-corrected chi connectivity index (χ1v) is 10.1. The van der Waals surface area contributed by atoms with E-state index in [-0.39, 0.29) is 10.6 Å². The molecule has 0 saturated carbocycles. The molecule has 6 heteroatoms. The van der Waals surface area contributed by atoms with Crippen LogP contribution in [0, 0.1) is 10.1 Å². The number of para-hydroxylation sites is 1. The van der Waals surface area contributed by atoms with Crippen LogP contribution in [0.5, 0.6) is 0 Å². The van der Waals surface area contributed by atoms with E-state index in [1.807, 2.05) is 42.5 Å². The van der Waals surface area contributed by atoms with Crippen molar-refractivity contribution in [2.75, 3.05) is 0 Å². The summed E-state index contributed by atoms with van der Waals surface area (Å²) in [7, 11) is 0. The number of hydrogen-bond acceptors (Lipinski definition) is 4. The van der Waals surface area contributed by atoms with Crippen LogP contribution >= 0.6 is 11.3 Å². The summed E-state index contributed by atoms with van der Waals surface area (Å²) in [5, 5.41) is 13.0. The maximum atomic E-state index is 10.9. The van der Waals surface area contributed by atoms with Gasteiger partial charge in [-0.15, -0.1) is 11.3 Å². The third-order valence-corrected chi connectivity index (χ3v) is 5.25. The van der Waals surface area contributed by atoms with E-state index in [0.717, 1.165) is 34.7 Å². The molecule has 0 bridgehead atoms. The summed E-state index contributed by atoms with van der Waals surface area (Å²) in [6.45, 7) is 3.09. The molecule has 0 unspecified atom stereocenters. The minimum Gasteiger partial charge on any atom is -0.316 e. The number of non-ortho nitro benzene ring substituents is 1. The Kier molecular flexibility index (Phi) is 6.54. The molecule has 0 aliphatic heterocycles. The second kappa shape index (κ2) is 9.28. The Bertz CT molecular complexity index is 944. The van der Waals surface area contributed by atoms with Gasteiger partial charge >= 0.3 is 0 Å². The maximum Gasteiger partial charge on any atom is 0.269 e. The molecule has 27 heavy (non-hydrogen) atoms. The Morgan fingerprint density at radius 3 is 2.44 bits per heavy atom. The number of unbranched alkanes of at least 4 members (excludes halogenated alkanes) is 3. The van der Waals surface area contributed by atoms with Crippen molar-refractivity contribution < 1.29 is 4.92 Å². The van der Waals surface area contributed by atoms with E-state index in [0.29, 0.717) is 0 Å². The van der Waals surface area contributed by atoms with Gasteiger partial charge in [0.2, 0.25) is 0 Å². The van der Waals surface area contributed by atoms with Gasteiger partial charge < -0.3 is 4.57 Å². The monoisotopic (exact) mass is 381 g/mol. The van der Waals surface area contributed by atoms with E-state index in [1.54, 1.807) is 23.5 Å². The summed E-state index contributed by atoms with van der Waals surface area (Å²) in [5.74, 6) is 0. The SMILES string of the molecule is CCCCCCn1c(-c2ccc([N+](=O)[O-])cc2)csc1=Nc1ccccc1. The van der Waals surface area contributed by atoms with Crippen molar-refractivity contribution in [3.63, 3.8) is 0 Å². The Morgan fingerprint density at radius 2 is 1.78 bits per heavy atom. The van der Waals surface area contributed by atoms with Crippen molar-refractivity contribution in [3.8, 4) is 11.3 Å². The van der Waals surface area contributed by atoms with Crippen LogP contribution < -0.4 is 4.80 Å². The third-order valence-electron chi connectivity index (χ3n) is 4.39. The Labute approximate surface area is 162 Å². The van der Waals surface area contributed by atoms with Crippen molar-refractivity contribution in [3.05, 3.63) is 74.9 Å². The predicted octanol–water partition coefficient (Wildman–Crippen LogP) is 5.94. The van der Waals surface area contributed by atoms with E-state index < -0.39 is 0 Å². The molecule has 1 aromatic heterocycles. The first-order chi connectivity index (χ1) is 13.2. The highest BCUT2D eigenvalue weighted by molar-refractivity contribution is 7.07. The van der Waals surface area contributed by atoms with Crippen LogP contribution in [-0.4, -0.2) is 9.49 Å². The smallest absolute Gasteiger partial charge is 0.269 e. The summed E-state index contributed by atoms with van der Waals surface area (Å²) in [5.41, 5.74) is 3.07. The minimum absolute atomic E-state index is 0.109. The fourth-order valence-electron chi connectivity index (χ4n) is 2.93. The molecule has 0 atom stereocenters. The van der Waals surface area contributed by atoms with Gasteiger partial charge in [-0.05, 0) is 36.2 Å². The normalized spacial score (nSPS) is 11.7. The molecule has 3 rings (SSSR count). The number of thiazole rings is 1. The molecule has 0 aliphatic carbocycles. The van der Waals surface area contributed by atoms with E-state index in [1.165, 1.54) is 19.3 Å².